The molecular weight excluding hydrogens is 240 g/mol. The van der Waals surface area contributed by atoms with E-state index in [1.54, 1.807) is 0 Å². The highest BCUT2D eigenvalue weighted by Gasteiger charge is 2.12. The predicted octanol–water partition coefficient (Wildman–Crippen LogP) is 4.02. The van der Waals surface area contributed by atoms with E-state index in [0.717, 1.165) is 16.5 Å². The standard InChI is InChI=1S/C12H17BrO/c1-4-12(14)10-6-5-9(13)7-11(10)8(2)3/h5-8,12,14H,4H2,1-3H3. The lowest BCUT2D eigenvalue weighted by Gasteiger charge is -2.17. The van der Waals surface area contributed by atoms with Crippen molar-refractivity contribution in [3.63, 3.8) is 0 Å². The van der Waals surface area contributed by atoms with Crippen molar-refractivity contribution < 1.29 is 5.11 Å². The van der Waals surface area contributed by atoms with E-state index in [9.17, 15) is 5.11 Å². The Morgan fingerprint density at radius 3 is 2.43 bits per heavy atom. The molecule has 0 aliphatic carbocycles. The molecule has 0 saturated heterocycles. The summed E-state index contributed by atoms with van der Waals surface area (Å²) < 4.78 is 1.08. The van der Waals surface area contributed by atoms with Gasteiger partial charge in [0.1, 0.15) is 0 Å². The van der Waals surface area contributed by atoms with E-state index >= 15 is 0 Å². The fourth-order valence-corrected chi connectivity index (χ4v) is 1.95. The van der Waals surface area contributed by atoms with E-state index in [1.165, 1.54) is 5.56 Å². The molecule has 0 heterocycles. The molecule has 1 unspecified atom stereocenters. The Morgan fingerprint density at radius 2 is 1.93 bits per heavy atom. The fourth-order valence-electron chi connectivity index (χ4n) is 1.57. The predicted molar refractivity (Wildman–Crippen MR) is 63.5 cm³/mol. The lowest BCUT2D eigenvalue weighted by Crippen LogP contribution is -2.02. The van der Waals surface area contributed by atoms with Gasteiger partial charge in [-0.15, -0.1) is 0 Å². The zero-order chi connectivity index (χ0) is 10.7. The number of rotatable bonds is 3. The van der Waals surface area contributed by atoms with Crippen LogP contribution in [-0.2, 0) is 0 Å². The zero-order valence-electron chi connectivity index (χ0n) is 8.92. The van der Waals surface area contributed by atoms with Crippen LogP contribution in [0.15, 0.2) is 22.7 Å². The van der Waals surface area contributed by atoms with Gasteiger partial charge in [0.2, 0.25) is 0 Å². The molecule has 1 aromatic rings. The van der Waals surface area contributed by atoms with Crippen molar-refractivity contribution >= 4 is 15.9 Å². The van der Waals surface area contributed by atoms with Crippen LogP contribution in [0.1, 0.15) is 50.3 Å². The first-order valence-corrected chi connectivity index (χ1v) is 5.83. The van der Waals surface area contributed by atoms with E-state index in [1.807, 2.05) is 19.1 Å². The van der Waals surface area contributed by atoms with Crippen molar-refractivity contribution in [2.75, 3.05) is 0 Å². The summed E-state index contributed by atoms with van der Waals surface area (Å²) in [7, 11) is 0. The summed E-state index contributed by atoms with van der Waals surface area (Å²) in [4.78, 5) is 0. The smallest absolute Gasteiger partial charge is 0.0790 e. The lowest BCUT2D eigenvalue weighted by molar-refractivity contribution is 0.172. The summed E-state index contributed by atoms with van der Waals surface area (Å²) in [6.45, 7) is 6.29. The van der Waals surface area contributed by atoms with Gasteiger partial charge in [0.05, 0.1) is 6.10 Å². The van der Waals surface area contributed by atoms with Gasteiger partial charge in [0.15, 0.2) is 0 Å². The molecule has 0 fully saturated rings. The van der Waals surface area contributed by atoms with Gasteiger partial charge >= 0.3 is 0 Å². The molecule has 1 N–H and O–H groups in total. The molecule has 14 heavy (non-hydrogen) atoms. The second kappa shape index (κ2) is 4.94. The summed E-state index contributed by atoms with van der Waals surface area (Å²) in [5.74, 6) is 0.448. The first-order chi connectivity index (χ1) is 6.56. The van der Waals surface area contributed by atoms with E-state index in [-0.39, 0.29) is 6.10 Å². The molecule has 0 bridgehead atoms. The number of aliphatic hydroxyl groups is 1. The van der Waals surface area contributed by atoms with Gasteiger partial charge < -0.3 is 5.11 Å². The number of aliphatic hydroxyl groups excluding tert-OH is 1. The monoisotopic (exact) mass is 256 g/mol. The molecule has 1 nitrogen and oxygen atoms in total. The molecule has 1 atom stereocenters. The van der Waals surface area contributed by atoms with Crippen molar-refractivity contribution in [1.29, 1.82) is 0 Å². The maximum Gasteiger partial charge on any atom is 0.0790 e. The van der Waals surface area contributed by atoms with E-state index in [0.29, 0.717) is 5.92 Å². The second-order valence-electron chi connectivity index (χ2n) is 3.85. The quantitative estimate of drug-likeness (QED) is 0.867. The second-order valence-corrected chi connectivity index (χ2v) is 4.77. The van der Waals surface area contributed by atoms with Gasteiger partial charge in [-0.2, -0.15) is 0 Å². The van der Waals surface area contributed by atoms with Crippen LogP contribution >= 0.6 is 15.9 Å². The molecule has 1 rings (SSSR count). The zero-order valence-corrected chi connectivity index (χ0v) is 10.5. The SMILES string of the molecule is CCC(O)c1ccc(Br)cc1C(C)C. The van der Waals surface area contributed by atoms with Crippen LogP contribution in [-0.4, -0.2) is 5.11 Å². The molecule has 78 valence electrons. The van der Waals surface area contributed by atoms with Crippen LogP contribution in [0.5, 0.6) is 0 Å². The minimum Gasteiger partial charge on any atom is -0.388 e. The Hall–Kier alpha value is -0.340. The Morgan fingerprint density at radius 1 is 1.29 bits per heavy atom. The molecule has 0 saturated carbocycles. The van der Waals surface area contributed by atoms with Crippen LogP contribution in [0.25, 0.3) is 0 Å². The van der Waals surface area contributed by atoms with Crippen LogP contribution in [0.3, 0.4) is 0 Å². The summed E-state index contributed by atoms with van der Waals surface area (Å²) in [6.07, 6.45) is 0.432. The molecule has 0 spiro atoms. The highest BCUT2D eigenvalue weighted by Crippen LogP contribution is 2.29. The molecule has 1 aromatic carbocycles. The Balaban J connectivity index is 3.14. The number of hydrogen-bond donors (Lipinski definition) is 1. The molecular formula is C12H17BrO. The average molecular weight is 257 g/mol. The maximum atomic E-state index is 9.83. The topological polar surface area (TPSA) is 20.2 Å². The first-order valence-electron chi connectivity index (χ1n) is 5.03. The van der Waals surface area contributed by atoms with E-state index in [4.69, 9.17) is 0 Å². The molecule has 0 aliphatic heterocycles. The molecule has 2 heteroatoms. The third kappa shape index (κ3) is 2.58. The van der Waals surface area contributed by atoms with Gasteiger partial charge in [0, 0.05) is 4.47 Å². The lowest BCUT2D eigenvalue weighted by atomic mass is 9.93. The summed E-state index contributed by atoms with van der Waals surface area (Å²) in [5.41, 5.74) is 2.29. The molecule has 0 aromatic heterocycles. The van der Waals surface area contributed by atoms with Gasteiger partial charge in [-0.3, -0.25) is 0 Å². The normalized spacial score (nSPS) is 13.3. The Labute approximate surface area is 94.3 Å². The highest BCUT2D eigenvalue weighted by atomic mass is 79.9. The minimum absolute atomic E-state index is 0.333. The van der Waals surface area contributed by atoms with Crippen molar-refractivity contribution in [3.05, 3.63) is 33.8 Å². The molecule has 0 radical (unpaired) electrons. The van der Waals surface area contributed by atoms with Crippen LogP contribution < -0.4 is 0 Å². The summed E-state index contributed by atoms with van der Waals surface area (Å²) in [5, 5.41) is 9.83. The first kappa shape index (κ1) is 11.7. The fraction of sp³-hybridized carbons (Fsp3) is 0.500. The highest BCUT2D eigenvalue weighted by molar-refractivity contribution is 9.10. The molecule has 0 amide bonds. The van der Waals surface area contributed by atoms with Gasteiger partial charge in [0.25, 0.3) is 0 Å². The van der Waals surface area contributed by atoms with Crippen molar-refractivity contribution in [2.45, 2.75) is 39.2 Å². The van der Waals surface area contributed by atoms with Crippen molar-refractivity contribution in [2.24, 2.45) is 0 Å². The number of halogens is 1. The molecule has 0 aliphatic rings. The van der Waals surface area contributed by atoms with E-state index in [2.05, 4.69) is 35.8 Å². The van der Waals surface area contributed by atoms with E-state index < -0.39 is 0 Å². The minimum atomic E-state index is -0.333. The van der Waals surface area contributed by atoms with Gasteiger partial charge in [-0.05, 0) is 35.6 Å². The third-order valence-corrected chi connectivity index (χ3v) is 2.91. The van der Waals surface area contributed by atoms with Crippen molar-refractivity contribution in [1.82, 2.24) is 0 Å². The Bertz CT molecular complexity index is 307. The van der Waals surface area contributed by atoms with Crippen molar-refractivity contribution in [3.8, 4) is 0 Å². The van der Waals surface area contributed by atoms with Crippen LogP contribution in [0.2, 0.25) is 0 Å². The van der Waals surface area contributed by atoms with Gasteiger partial charge in [-0.25, -0.2) is 0 Å². The number of hydrogen-bond acceptors (Lipinski definition) is 1. The summed E-state index contributed by atoms with van der Waals surface area (Å²) in [6, 6.07) is 6.09. The average Bonchev–Trinajstić information content (AvgIpc) is 2.16. The third-order valence-electron chi connectivity index (χ3n) is 2.42. The van der Waals surface area contributed by atoms with Crippen LogP contribution in [0, 0.1) is 0 Å². The summed E-state index contributed by atoms with van der Waals surface area (Å²) >= 11 is 3.45. The van der Waals surface area contributed by atoms with Gasteiger partial charge in [-0.1, -0.05) is 42.8 Å². The maximum absolute atomic E-state index is 9.83. The van der Waals surface area contributed by atoms with Crippen LogP contribution in [0.4, 0.5) is 0 Å². The number of benzene rings is 1. The largest absolute Gasteiger partial charge is 0.388 e. The Kier molecular flexibility index (Phi) is 4.14.